The predicted molar refractivity (Wildman–Crippen MR) is 109 cm³/mol. The standard InChI is InChI=1S/C23H26O6/c1-4-13-28-21(25)19-17(12-11-16-9-7-6-8-10-16)20(22(26)29-14-5-2)23(3,27)15-18(19)24/h4-12,17,19-20,27H,1-2,13-15H2,3H3/b12-11+/t17-,19+,20+,23+/m1/s1. The molecule has 0 amide bonds. The highest BCUT2D eigenvalue weighted by atomic mass is 16.5. The molecule has 1 fully saturated rings. The average Bonchev–Trinajstić information content (AvgIpc) is 2.68. The largest absolute Gasteiger partial charge is 0.461 e. The Bertz CT molecular complexity index is 793. The minimum absolute atomic E-state index is 0.0416. The molecular weight excluding hydrogens is 372 g/mol. The molecule has 1 aromatic rings. The van der Waals surface area contributed by atoms with Crippen LogP contribution in [-0.4, -0.2) is 41.6 Å². The molecule has 1 aliphatic rings. The van der Waals surface area contributed by atoms with E-state index in [2.05, 4.69) is 13.2 Å². The van der Waals surface area contributed by atoms with Crippen LogP contribution in [0.2, 0.25) is 0 Å². The molecule has 6 heteroatoms. The molecule has 1 saturated carbocycles. The number of aliphatic hydroxyl groups is 1. The summed E-state index contributed by atoms with van der Waals surface area (Å²) in [6, 6.07) is 9.23. The Labute approximate surface area is 170 Å². The number of hydrogen-bond donors (Lipinski definition) is 1. The molecule has 2 rings (SSSR count). The maximum absolute atomic E-state index is 12.7. The molecule has 0 unspecified atom stereocenters. The quantitative estimate of drug-likeness (QED) is 0.411. The van der Waals surface area contributed by atoms with Gasteiger partial charge in [0, 0.05) is 12.3 Å². The highest BCUT2D eigenvalue weighted by molar-refractivity contribution is 6.02. The number of carbonyl (C=O) groups is 3. The topological polar surface area (TPSA) is 89.9 Å². The van der Waals surface area contributed by atoms with E-state index >= 15 is 0 Å². The summed E-state index contributed by atoms with van der Waals surface area (Å²) < 4.78 is 10.3. The highest BCUT2D eigenvalue weighted by Crippen LogP contribution is 2.42. The summed E-state index contributed by atoms with van der Waals surface area (Å²) in [7, 11) is 0. The fourth-order valence-electron chi connectivity index (χ4n) is 3.56. The lowest BCUT2D eigenvalue weighted by Crippen LogP contribution is -2.56. The van der Waals surface area contributed by atoms with Gasteiger partial charge in [0.05, 0.1) is 11.5 Å². The minimum atomic E-state index is -1.67. The smallest absolute Gasteiger partial charge is 0.317 e. The van der Waals surface area contributed by atoms with Crippen LogP contribution in [0.4, 0.5) is 0 Å². The molecule has 4 atom stereocenters. The number of allylic oxidation sites excluding steroid dienone is 1. The van der Waals surface area contributed by atoms with E-state index in [1.807, 2.05) is 30.3 Å². The van der Waals surface area contributed by atoms with Gasteiger partial charge in [-0.2, -0.15) is 0 Å². The van der Waals surface area contributed by atoms with Gasteiger partial charge in [-0.1, -0.05) is 67.8 Å². The molecule has 0 radical (unpaired) electrons. The maximum Gasteiger partial charge on any atom is 0.317 e. The summed E-state index contributed by atoms with van der Waals surface area (Å²) in [4.78, 5) is 38.1. The third-order valence-electron chi connectivity index (χ3n) is 4.82. The van der Waals surface area contributed by atoms with Crippen molar-refractivity contribution in [2.24, 2.45) is 17.8 Å². The first-order chi connectivity index (χ1) is 13.8. The number of benzene rings is 1. The van der Waals surface area contributed by atoms with Gasteiger partial charge >= 0.3 is 11.9 Å². The molecule has 1 N–H and O–H groups in total. The Hall–Kier alpha value is -2.99. The van der Waals surface area contributed by atoms with E-state index in [1.54, 1.807) is 12.2 Å². The van der Waals surface area contributed by atoms with Crippen molar-refractivity contribution < 1.29 is 29.0 Å². The van der Waals surface area contributed by atoms with Crippen LogP contribution in [0.5, 0.6) is 0 Å². The number of carbonyl (C=O) groups excluding carboxylic acids is 3. The van der Waals surface area contributed by atoms with E-state index in [1.165, 1.54) is 19.1 Å². The SMILES string of the molecule is C=CCOC(=O)[C@@H]1C(=O)C[C@](C)(O)[C@H](C(=O)OCC=C)[C@@H]1/C=C/c1ccccc1. The van der Waals surface area contributed by atoms with Crippen LogP contribution in [0, 0.1) is 17.8 Å². The molecule has 29 heavy (non-hydrogen) atoms. The van der Waals surface area contributed by atoms with Gasteiger partial charge in [0.2, 0.25) is 0 Å². The summed E-state index contributed by atoms with van der Waals surface area (Å²) in [6.07, 6.45) is 5.75. The molecule has 0 spiro atoms. The maximum atomic E-state index is 12.7. The van der Waals surface area contributed by atoms with Crippen LogP contribution in [0.1, 0.15) is 18.9 Å². The lowest BCUT2D eigenvalue weighted by Gasteiger charge is -2.42. The Morgan fingerprint density at radius 2 is 1.72 bits per heavy atom. The van der Waals surface area contributed by atoms with Gasteiger partial charge in [-0.05, 0) is 12.5 Å². The number of rotatable bonds is 8. The number of hydrogen-bond acceptors (Lipinski definition) is 6. The molecule has 0 aromatic heterocycles. The van der Waals surface area contributed by atoms with Crippen LogP contribution in [0.25, 0.3) is 6.08 Å². The van der Waals surface area contributed by atoms with Crippen molar-refractivity contribution in [3.8, 4) is 0 Å². The molecule has 0 aliphatic heterocycles. The second-order valence-electron chi connectivity index (χ2n) is 7.14. The van der Waals surface area contributed by atoms with Crippen LogP contribution >= 0.6 is 0 Å². The van der Waals surface area contributed by atoms with Crippen LogP contribution < -0.4 is 0 Å². The van der Waals surface area contributed by atoms with Crippen molar-refractivity contribution in [2.75, 3.05) is 13.2 Å². The molecule has 6 nitrogen and oxygen atoms in total. The first-order valence-electron chi connectivity index (χ1n) is 9.35. The Morgan fingerprint density at radius 3 is 2.31 bits per heavy atom. The van der Waals surface area contributed by atoms with Crippen LogP contribution in [-0.2, 0) is 23.9 Å². The van der Waals surface area contributed by atoms with Crippen molar-refractivity contribution in [3.63, 3.8) is 0 Å². The molecule has 1 aliphatic carbocycles. The summed E-state index contributed by atoms with van der Waals surface area (Å²) in [6.45, 7) is 8.30. The summed E-state index contributed by atoms with van der Waals surface area (Å²) >= 11 is 0. The van der Waals surface area contributed by atoms with Crippen molar-refractivity contribution in [1.82, 2.24) is 0 Å². The fourth-order valence-corrected chi connectivity index (χ4v) is 3.56. The Morgan fingerprint density at radius 1 is 1.14 bits per heavy atom. The van der Waals surface area contributed by atoms with Crippen molar-refractivity contribution >= 4 is 23.8 Å². The van der Waals surface area contributed by atoms with Gasteiger partial charge in [0.15, 0.2) is 5.78 Å². The average molecular weight is 398 g/mol. The molecular formula is C23H26O6. The van der Waals surface area contributed by atoms with Gasteiger partial charge in [-0.15, -0.1) is 0 Å². The molecule has 0 heterocycles. The molecule has 0 saturated heterocycles. The Kier molecular flexibility index (Phi) is 7.67. The van der Waals surface area contributed by atoms with E-state index in [0.717, 1.165) is 5.56 Å². The summed E-state index contributed by atoms with van der Waals surface area (Å²) in [5.41, 5.74) is -0.849. The van der Waals surface area contributed by atoms with E-state index < -0.39 is 41.1 Å². The van der Waals surface area contributed by atoms with Crippen molar-refractivity contribution in [1.29, 1.82) is 0 Å². The minimum Gasteiger partial charge on any atom is -0.461 e. The second-order valence-corrected chi connectivity index (χ2v) is 7.14. The highest BCUT2D eigenvalue weighted by Gasteiger charge is 2.55. The van der Waals surface area contributed by atoms with E-state index in [-0.39, 0.29) is 19.6 Å². The Balaban J connectivity index is 2.46. The first kappa shape index (κ1) is 22.3. The monoisotopic (exact) mass is 398 g/mol. The van der Waals surface area contributed by atoms with Gasteiger partial charge in [-0.3, -0.25) is 14.4 Å². The third kappa shape index (κ3) is 5.51. The zero-order valence-corrected chi connectivity index (χ0v) is 16.5. The molecule has 154 valence electrons. The van der Waals surface area contributed by atoms with Crippen LogP contribution in [0.3, 0.4) is 0 Å². The van der Waals surface area contributed by atoms with Gasteiger partial charge in [-0.25, -0.2) is 0 Å². The summed E-state index contributed by atoms with van der Waals surface area (Å²) in [5.74, 6) is -5.22. The van der Waals surface area contributed by atoms with E-state index in [4.69, 9.17) is 9.47 Å². The zero-order valence-electron chi connectivity index (χ0n) is 16.5. The normalized spacial score (nSPS) is 26.7. The molecule has 1 aromatic carbocycles. The van der Waals surface area contributed by atoms with Gasteiger partial charge in [0.25, 0.3) is 0 Å². The van der Waals surface area contributed by atoms with Gasteiger partial charge < -0.3 is 14.6 Å². The number of Topliss-reactive ketones (excluding diaryl/α,β-unsaturated/α-hetero) is 1. The van der Waals surface area contributed by atoms with Gasteiger partial charge in [0.1, 0.15) is 19.1 Å². The first-order valence-corrected chi connectivity index (χ1v) is 9.35. The second kappa shape index (κ2) is 9.98. The third-order valence-corrected chi connectivity index (χ3v) is 4.82. The van der Waals surface area contributed by atoms with E-state index in [9.17, 15) is 19.5 Å². The number of ether oxygens (including phenoxy) is 2. The fraction of sp³-hybridized carbons (Fsp3) is 0.348. The van der Waals surface area contributed by atoms with Crippen molar-refractivity contribution in [3.05, 3.63) is 67.3 Å². The summed E-state index contributed by atoms with van der Waals surface area (Å²) in [5, 5.41) is 10.9. The van der Waals surface area contributed by atoms with E-state index in [0.29, 0.717) is 0 Å². The predicted octanol–water partition coefficient (Wildman–Crippen LogP) is 2.73. The van der Waals surface area contributed by atoms with Crippen LogP contribution in [0.15, 0.2) is 61.7 Å². The number of esters is 2. The molecule has 0 bridgehead atoms. The number of ketones is 1. The van der Waals surface area contributed by atoms with Crippen molar-refractivity contribution in [2.45, 2.75) is 18.9 Å². The lowest BCUT2D eigenvalue weighted by molar-refractivity contribution is -0.174. The zero-order chi connectivity index (χ0) is 21.4. The lowest BCUT2D eigenvalue weighted by atomic mass is 9.63.